The van der Waals surface area contributed by atoms with E-state index >= 15 is 0 Å². The van der Waals surface area contributed by atoms with Gasteiger partial charge in [0.25, 0.3) is 0 Å². The molecule has 3 N–H and O–H groups in total. The van der Waals surface area contributed by atoms with Crippen LogP contribution in [0.5, 0.6) is 0 Å². The summed E-state index contributed by atoms with van der Waals surface area (Å²) in [6.07, 6.45) is 2.36. The Morgan fingerprint density at radius 3 is 2.50 bits per heavy atom. The van der Waals surface area contributed by atoms with Gasteiger partial charge in [0.05, 0.1) is 12.9 Å². The number of carbonyl (C=O) groups excluding carboxylic acids is 1. The number of hydrogen-bond donors (Lipinski definition) is 2. The number of nitrogens with zero attached hydrogens (tertiary/aromatic N) is 1. The number of nitrogens with two attached hydrogens (primary N) is 1. The van der Waals surface area contributed by atoms with Crippen LogP contribution in [-0.2, 0) is 19.6 Å². The number of nitrogens with one attached hydrogen (secondary N) is 1. The lowest BCUT2D eigenvalue weighted by Gasteiger charge is -2.33. The van der Waals surface area contributed by atoms with Gasteiger partial charge in [0.15, 0.2) is 0 Å². The van der Waals surface area contributed by atoms with Crippen LogP contribution in [0.4, 0.5) is 0 Å². The first-order valence-corrected chi connectivity index (χ1v) is 7.73. The molecule has 1 unspecified atom stereocenters. The fourth-order valence-electron chi connectivity index (χ4n) is 2.01. The molecule has 8 heteroatoms. The van der Waals surface area contributed by atoms with Gasteiger partial charge in [-0.05, 0) is 12.8 Å². The smallest absolute Gasteiger partial charge is 0.241 e. The molecule has 1 saturated heterocycles. The zero-order valence-electron chi connectivity index (χ0n) is 10.8. The molecule has 1 aliphatic heterocycles. The van der Waals surface area contributed by atoms with E-state index in [1.54, 1.807) is 4.90 Å². The minimum atomic E-state index is -3.18. The first kappa shape index (κ1) is 15.4. The number of piperidine rings is 1. The molecular formula is C10H21N3O4S. The monoisotopic (exact) mass is 279 g/mol. The number of ether oxygens (including phenoxy) is 1. The fourth-order valence-corrected chi connectivity index (χ4v) is 2.85. The molecule has 0 bridgehead atoms. The third-order valence-corrected chi connectivity index (χ3v) is 3.61. The summed E-state index contributed by atoms with van der Waals surface area (Å²) < 4.78 is 29.5. The predicted molar refractivity (Wildman–Crippen MR) is 67.4 cm³/mol. The predicted octanol–water partition coefficient (Wildman–Crippen LogP) is -1.50. The van der Waals surface area contributed by atoms with Gasteiger partial charge >= 0.3 is 0 Å². The third-order valence-electron chi connectivity index (χ3n) is 2.85. The highest BCUT2D eigenvalue weighted by Crippen LogP contribution is 2.12. The minimum Gasteiger partial charge on any atom is -0.383 e. The van der Waals surface area contributed by atoms with Crippen molar-refractivity contribution in [2.45, 2.75) is 24.9 Å². The van der Waals surface area contributed by atoms with E-state index < -0.39 is 16.1 Å². The summed E-state index contributed by atoms with van der Waals surface area (Å²) in [5, 5.41) is 0. The third kappa shape index (κ3) is 4.89. The van der Waals surface area contributed by atoms with Crippen LogP contribution >= 0.6 is 0 Å². The van der Waals surface area contributed by atoms with Gasteiger partial charge in [-0.15, -0.1) is 0 Å². The van der Waals surface area contributed by atoms with Gasteiger partial charge in [-0.1, -0.05) is 0 Å². The van der Waals surface area contributed by atoms with E-state index in [0.717, 1.165) is 6.26 Å². The van der Waals surface area contributed by atoms with E-state index in [-0.39, 0.29) is 18.6 Å². The van der Waals surface area contributed by atoms with Crippen LogP contribution in [0.2, 0.25) is 0 Å². The van der Waals surface area contributed by atoms with Crippen molar-refractivity contribution in [3.63, 3.8) is 0 Å². The molecule has 18 heavy (non-hydrogen) atoms. The van der Waals surface area contributed by atoms with Gasteiger partial charge in [-0.25, -0.2) is 13.1 Å². The highest BCUT2D eigenvalue weighted by atomic mass is 32.2. The van der Waals surface area contributed by atoms with Crippen molar-refractivity contribution in [1.82, 2.24) is 9.62 Å². The zero-order chi connectivity index (χ0) is 13.8. The molecule has 7 nitrogen and oxygen atoms in total. The normalized spacial score (nSPS) is 19.8. The van der Waals surface area contributed by atoms with Crippen molar-refractivity contribution >= 4 is 15.9 Å². The Balaban J connectivity index is 2.42. The van der Waals surface area contributed by atoms with Crippen molar-refractivity contribution in [2.24, 2.45) is 5.73 Å². The lowest BCUT2D eigenvalue weighted by atomic mass is 10.1. The Labute approximate surface area is 108 Å². The summed E-state index contributed by atoms with van der Waals surface area (Å²) in [6.45, 7) is 1.23. The van der Waals surface area contributed by atoms with E-state index in [4.69, 9.17) is 10.5 Å². The molecule has 1 atom stereocenters. The molecule has 1 rings (SSSR count). The van der Waals surface area contributed by atoms with E-state index in [1.807, 2.05) is 0 Å². The van der Waals surface area contributed by atoms with E-state index in [1.165, 1.54) is 7.11 Å². The second-order valence-electron chi connectivity index (χ2n) is 4.55. The summed E-state index contributed by atoms with van der Waals surface area (Å²) in [5.74, 6) is -0.144. The van der Waals surface area contributed by atoms with Gasteiger partial charge in [0, 0.05) is 26.2 Å². The molecule has 0 radical (unpaired) electrons. The Kier molecular flexibility index (Phi) is 5.51. The number of carbonyl (C=O) groups is 1. The largest absolute Gasteiger partial charge is 0.383 e. The average Bonchev–Trinajstić information content (AvgIpc) is 2.27. The molecule has 1 heterocycles. The van der Waals surface area contributed by atoms with Crippen molar-refractivity contribution in [1.29, 1.82) is 0 Å². The van der Waals surface area contributed by atoms with Crippen LogP contribution in [0, 0.1) is 0 Å². The maximum Gasteiger partial charge on any atom is 0.241 e. The molecule has 0 aromatic heterocycles. The van der Waals surface area contributed by atoms with Crippen LogP contribution in [0.1, 0.15) is 12.8 Å². The number of likely N-dealkylation sites (tertiary alicyclic amines) is 1. The van der Waals surface area contributed by atoms with Gasteiger partial charge in [-0.3, -0.25) is 4.79 Å². The molecule has 1 aliphatic rings. The summed E-state index contributed by atoms with van der Waals surface area (Å²) in [6, 6.07) is -0.739. The Morgan fingerprint density at radius 2 is 2.06 bits per heavy atom. The summed E-state index contributed by atoms with van der Waals surface area (Å²) in [5.41, 5.74) is 5.67. The fraction of sp³-hybridized carbons (Fsp3) is 0.900. The highest BCUT2D eigenvalue weighted by Gasteiger charge is 2.27. The van der Waals surface area contributed by atoms with Crippen LogP contribution in [0.3, 0.4) is 0 Å². The second-order valence-corrected chi connectivity index (χ2v) is 6.33. The lowest BCUT2D eigenvalue weighted by Crippen LogP contribution is -2.51. The molecule has 0 aliphatic carbocycles. The van der Waals surface area contributed by atoms with Crippen molar-refractivity contribution in [3.05, 3.63) is 0 Å². The number of amides is 1. The number of rotatable bonds is 5. The standard InChI is InChI=1S/C10H21N3O4S/c1-17-7-9(11)10(14)13-5-3-8(4-6-13)12-18(2,15)16/h8-9,12H,3-7,11H2,1-2H3. The van der Waals surface area contributed by atoms with Crippen LogP contribution in [-0.4, -0.2) is 64.4 Å². The topological polar surface area (TPSA) is 102 Å². The average molecular weight is 279 g/mol. The molecule has 1 amide bonds. The van der Waals surface area contributed by atoms with Gasteiger partial charge in [-0.2, -0.15) is 0 Å². The van der Waals surface area contributed by atoms with Crippen LogP contribution in [0.15, 0.2) is 0 Å². The Hall–Kier alpha value is -0.700. The molecule has 0 aromatic rings. The van der Waals surface area contributed by atoms with Gasteiger partial charge < -0.3 is 15.4 Å². The SMILES string of the molecule is COCC(N)C(=O)N1CCC(NS(C)(=O)=O)CC1. The highest BCUT2D eigenvalue weighted by molar-refractivity contribution is 7.88. The maximum atomic E-state index is 11.9. The zero-order valence-corrected chi connectivity index (χ0v) is 11.6. The molecule has 106 valence electrons. The van der Waals surface area contributed by atoms with Crippen molar-refractivity contribution in [2.75, 3.05) is 33.1 Å². The molecule has 0 aromatic carbocycles. The van der Waals surface area contributed by atoms with E-state index in [9.17, 15) is 13.2 Å². The van der Waals surface area contributed by atoms with E-state index in [2.05, 4.69) is 4.72 Å². The van der Waals surface area contributed by atoms with Crippen LogP contribution < -0.4 is 10.5 Å². The molecular weight excluding hydrogens is 258 g/mol. The van der Waals surface area contributed by atoms with Gasteiger partial charge in [0.2, 0.25) is 15.9 Å². The molecule has 1 fully saturated rings. The Bertz CT molecular complexity index is 377. The molecule has 0 saturated carbocycles. The summed E-state index contributed by atoms with van der Waals surface area (Å²) >= 11 is 0. The quantitative estimate of drug-likeness (QED) is 0.638. The molecule has 0 spiro atoms. The van der Waals surface area contributed by atoms with Crippen molar-refractivity contribution < 1.29 is 17.9 Å². The second kappa shape index (κ2) is 6.46. The summed E-state index contributed by atoms with van der Waals surface area (Å²) in [4.78, 5) is 13.5. The summed E-state index contributed by atoms with van der Waals surface area (Å²) in [7, 11) is -1.69. The number of methoxy groups -OCH3 is 1. The number of hydrogen-bond acceptors (Lipinski definition) is 5. The van der Waals surface area contributed by atoms with E-state index in [0.29, 0.717) is 25.9 Å². The first-order valence-electron chi connectivity index (χ1n) is 5.84. The lowest BCUT2D eigenvalue weighted by molar-refractivity contribution is -0.134. The number of sulfonamides is 1. The van der Waals surface area contributed by atoms with Crippen LogP contribution in [0.25, 0.3) is 0 Å². The van der Waals surface area contributed by atoms with Crippen molar-refractivity contribution in [3.8, 4) is 0 Å². The van der Waals surface area contributed by atoms with Gasteiger partial charge in [0.1, 0.15) is 6.04 Å². The maximum absolute atomic E-state index is 11.9. The Morgan fingerprint density at radius 1 is 1.50 bits per heavy atom. The minimum absolute atomic E-state index is 0.0947. The first-order chi connectivity index (χ1) is 8.33.